The number of ether oxygens (including phenoxy) is 1. The lowest BCUT2D eigenvalue weighted by Crippen LogP contribution is -2.40. The third-order valence-electron chi connectivity index (χ3n) is 2.80. The second-order valence-electron chi connectivity index (χ2n) is 4.30. The molecule has 1 aliphatic rings. The summed E-state index contributed by atoms with van der Waals surface area (Å²) >= 11 is 0. The van der Waals surface area contributed by atoms with Gasteiger partial charge in [-0.25, -0.2) is 0 Å². The number of hydrogen-bond donors (Lipinski definition) is 1. The summed E-state index contributed by atoms with van der Waals surface area (Å²) in [5, 5.41) is 3.54. The fourth-order valence-electron chi connectivity index (χ4n) is 2.13. The van der Waals surface area contributed by atoms with Crippen LogP contribution < -0.4 is 5.32 Å². The third-order valence-corrected chi connectivity index (χ3v) is 2.80. The molecule has 1 saturated heterocycles. The molecule has 1 aliphatic heterocycles. The maximum atomic E-state index is 5.52. The summed E-state index contributed by atoms with van der Waals surface area (Å²) in [7, 11) is 0. The van der Waals surface area contributed by atoms with Crippen LogP contribution in [-0.4, -0.2) is 25.8 Å². The minimum atomic E-state index is 0.567. The van der Waals surface area contributed by atoms with Crippen molar-refractivity contribution in [1.82, 2.24) is 5.32 Å². The van der Waals surface area contributed by atoms with E-state index in [1.54, 1.807) is 0 Å². The van der Waals surface area contributed by atoms with Gasteiger partial charge in [0.15, 0.2) is 0 Å². The van der Waals surface area contributed by atoms with Crippen LogP contribution in [0, 0.1) is 5.92 Å². The lowest BCUT2D eigenvalue weighted by Gasteiger charge is -2.31. The molecule has 1 fully saturated rings. The zero-order valence-corrected chi connectivity index (χ0v) is 9.51. The Hall–Kier alpha value is -0.340. The van der Waals surface area contributed by atoms with Gasteiger partial charge in [-0.1, -0.05) is 12.5 Å². The molecule has 14 heavy (non-hydrogen) atoms. The third kappa shape index (κ3) is 3.81. The zero-order valence-electron chi connectivity index (χ0n) is 9.51. The van der Waals surface area contributed by atoms with E-state index in [-0.39, 0.29) is 0 Å². The van der Waals surface area contributed by atoms with Crippen LogP contribution in [0.5, 0.6) is 0 Å². The highest BCUT2D eigenvalue weighted by molar-refractivity contribution is 4.95. The number of rotatable bonds is 5. The van der Waals surface area contributed by atoms with E-state index in [0.717, 1.165) is 26.2 Å². The van der Waals surface area contributed by atoms with Gasteiger partial charge in [0.2, 0.25) is 0 Å². The molecule has 0 aromatic rings. The smallest absolute Gasteiger partial charge is 0.0509 e. The van der Waals surface area contributed by atoms with Crippen LogP contribution in [0.15, 0.2) is 12.2 Å². The van der Waals surface area contributed by atoms with Crippen LogP contribution in [0.2, 0.25) is 0 Å². The SMILES string of the molecule is C=C(C)CC(NCC)C1CCCOC1. The van der Waals surface area contributed by atoms with Crippen molar-refractivity contribution in [3.63, 3.8) is 0 Å². The van der Waals surface area contributed by atoms with Gasteiger partial charge in [-0.2, -0.15) is 0 Å². The first kappa shape index (κ1) is 11.7. The normalized spacial score (nSPS) is 24.6. The van der Waals surface area contributed by atoms with E-state index in [1.165, 1.54) is 18.4 Å². The fraction of sp³-hybridized carbons (Fsp3) is 0.833. The summed E-state index contributed by atoms with van der Waals surface area (Å²) in [5.41, 5.74) is 1.27. The topological polar surface area (TPSA) is 21.3 Å². The largest absolute Gasteiger partial charge is 0.381 e. The predicted octanol–water partition coefficient (Wildman–Crippen LogP) is 2.36. The quantitative estimate of drug-likeness (QED) is 0.683. The van der Waals surface area contributed by atoms with Crippen molar-refractivity contribution < 1.29 is 4.74 Å². The Kier molecular flexibility index (Phi) is 5.20. The first-order valence-corrected chi connectivity index (χ1v) is 5.69. The number of nitrogens with one attached hydrogen (secondary N) is 1. The van der Waals surface area contributed by atoms with Crippen molar-refractivity contribution in [3.05, 3.63) is 12.2 Å². The maximum Gasteiger partial charge on any atom is 0.0509 e. The molecule has 1 heterocycles. The number of hydrogen-bond acceptors (Lipinski definition) is 2. The van der Waals surface area contributed by atoms with Gasteiger partial charge in [-0.3, -0.25) is 0 Å². The molecule has 0 radical (unpaired) electrons. The van der Waals surface area contributed by atoms with Crippen molar-refractivity contribution in [2.75, 3.05) is 19.8 Å². The van der Waals surface area contributed by atoms with Crippen molar-refractivity contribution in [1.29, 1.82) is 0 Å². The van der Waals surface area contributed by atoms with E-state index < -0.39 is 0 Å². The zero-order chi connectivity index (χ0) is 10.4. The molecule has 0 amide bonds. The Morgan fingerprint density at radius 1 is 1.64 bits per heavy atom. The van der Waals surface area contributed by atoms with Gasteiger partial charge >= 0.3 is 0 Å². The van der Waals surface area contributed by atoms with Crippen molar-refractivity contribution in [3.8, 4) is 0 Å². The molecular weight excluding hydrogens is 174 g/mol. The van der Waals surface area contributed by atoms with Crippen LogP contribution in [0.25, 0.3) is 0 Å². The first-order valence-electron chi connectivity index (χ1n) is 5.69. The van der Waals surface area contributed by atoms with E-state index in [4.69, 9.17) is 4.74 Å². The summed E-state index contributed by atoms with van der Waals surface area (Å²) in [6, 6.07) is 0.567. The lowest BCUT2D eigenvalue weighted by atomic mass is 9.90. The molecule has 0 spiro atoms. The molecule has 0 saturated carbocycles. The summed E-state index contributed by atoms with van der Waals surface area (Å²) < 4.78 is 5.52. The predicted molar refractivity (Wildman–Crippen MR) is 60.4 cm³/mol. The fourth-order valence-corrected chi connectivity index (χ4v) is 2.13. The van der Waals surface area contributed by atoms with Gasteiger partial charge in [0.25, 0.3) is 0 Å². The molecule has 1 N–H and O–H groups in total. The van der Waals surface area contributed by atoms with E-state index in [1.807, 2.05) is 0 Å². The highest BCUT2D eigenvalue weighted by Crippen LogP contribution is 2.21. The van der Waals surface area contributed by atoms with E-state index in [9.17, 15) is 0 Å². The van der Waals surface area contributed by atoms with Crippen molar-refractivity contribution >= 4 is 0 Å². The van der Waals surface area contributed by atoms with Gasteiger partial charge in [0.1, 0.15) is 0 Å². The first-order chi connectivity index (χ1) is 6.74. The molecular formula is C12H23NO. The maximum absolute atomic E-state index is 5.52. The molecule has 2 heteroatoms. The van der Waals surface area contributed by atoms with E-state index in [2.05, 4.69) is 25.7 Å². The summed E-state index contributed by atoms with van der Waals surface area (Å²) in [6.07, 6.45) is 3.59. The highest BCUT2D eigenvalue weighted by Gasteiger charge is 2.23. The van der Waals surface area contributed by atoms with Crippen molar-refractivity contribution in [2.24, 2.45) is 5.92 Å². The lowest BCUT2D eigenvalue weighted by molar-refractivity contribution is 0.0396. The van der Waals surface area contributed by atoms with Crippen LogP contribution in [0.4, 0.5) is 0 Å². The van der Waals surface area contributed by atoms with Gasteiger partial charge in [0, 0.05) is 12.6 Å². The molecule has 0 bridgehead atoms. The molecule has 0 aromatic heterocycles. The molecule has 2 atom stereocenters. The summed E-state index contributed by atoms with van der Waals surface area (Å²) in [4.78, 5) is 0. The van der Waals surface area contributed by atoms with Gasteiger partial charge in [-0.15, -0.1) is 6.58 Å². The van der Waals surface area contributed by atoms with Crippen LogP contribution >= 0.6 is 0 Å². The Morgan fingerprint density at radius 3 is 2.93 bits per heavy atom. The Balaban J connectivity index is 2.42. The molecule has 0 aliphatic carbocycles. The second kappa shape index (κ2) is 6.20. The monoisotopic (exact) mass is 197 g/mol. The highest BCUT2D eigenvalue weighted by atomic mass is 16.5. The summed E-state index contributed by atoms with van der Waals surface area (Å²) in [6.45, 7) is 11.2. The molecule has 0 aromatic carbocycles. The Bertz CT molecular complexity index is 173. The minimum absolute atomic E-state index is 0.567. The van der Waals surface area contributed by atoms with Crippen LogP contribution in [0.1, 0.15) is 33.1 Å². The average Bonchev–Trinajstić information content (AvgIpc) is 2.18. The van der Waals surface area contributed by atoms with E-state index in [0.29, 0.717) is 12.0 Å². The van der Waals surface area contributed by atoms with Gasteiger partial charge < -0.3 is 10.1 Å². The van der Waals surface area contributed by atoms with Crippen LogP contribution in [-0.2, 0) is 4.74 Å². The van der Waals surface area contributed by atoms with E-state index >= 15 is 0 Å². The Morgan fingerprint density at radius 2 is 2.43 bits per heavy atom. The Labute approximate surface area is 87.7 Å². The average molecular weight is 197 g/mol. The van der Waals surface area contributed by atoms with Gasteiger partial charge in [-0.05, 0) is 38.6 Å². The molecule has 1 rings (SSSR count). The van der Waals surface area contributed by atoms with Gasteiger partial charge in [0.05, 0.1) is 6.61 Å². The molecule has 2 nitrogen and oxygen atoms in total. The summed E-state index contributed by atoms with van der Waals surface area (Å²) in [5.74, 6) is 0.681. The minimum Gasteiger partial charge on any atom is -0.381 e. The standard InChI is InChI=1S/C12H23NO/c1-4-13-12(8-10(2)3)11-6-5-7-14-9-11/h11-13H,2,4-9H2,1,3H3. The molecule has 2 unspecified atom stereocenters. The van der Waals surface area contributed by atoms with Crippen LogP contribution in [0.3, 0.4) is 0 Å². The molecule has 82 valence electrons. The van der Waals surface area contributed by atoms with Crippen molar-refractivity contribution in [2.45, 2.75) is 39.2 Å². The second-order valence-corrected chi connectivity index (χ2v) is 4.30.